The first-order chi connectivity index (χ1) is 14.0. The summed E-state index contributed by atoms with van der Waals surface area (Å²) in [6.07, 6.45) is 0.395. The minimum atomic E-state index is -1.16. The summed E-state index contributed by atoms with van der Waals surface area (Å²) in [4.78, 5) is 36.1. The molecule has 1 aromatic heterocycles. The predicted octanol–water partition coefficient (Wildman–Crippen LogP) is 2.54. The molecule has 0 saturated carbocycles. The van der Waals surface area contributed by atoms with Gasteiger partial charge in [-0.2, -0.15) is 5.10 Å². The van der Waals surface area contributed by atoms with Gasteiger partial charge in [0.15, 0.2) is 6.10 Å². The zero-order valence-electron chi connectivity index (χ0n) is 16.0. The van der Waals surface area contributed by atoms with Crippen LogP contribution in [0, 0.1) is 0 Å². The van der Waals surface area contributed by atoms with Crippen molar-refractivity contribution in [3.8, 4) is 16.9 Å². The van der Waals surface area contributed by atoms with Gasteiger partial charge >= 0.3 is 12.0 Å². The van der Waals surface area contributed by atoms with E-state index >= 15 is 0 Å². The fourth-order valence-corrected chi connectivity index (χ4v) is 2.60. The Labute approximate surface area is 167 Å². The summed E-state index contributed by atoms with van der Waals surface area (Å²) in [5.74, 6) is -1.44. The molecule has 0 fully saturated rings. The summed E-state index contributed by atoms with van der Waals surface area (Å²) >= 11 is 0. The zero-order chi connectivity index (χ0) is 20.8. The highest BCUT2D eigenvalue weighted by Crippen LogP contribution is 2.24. The summed E-state index contributed by atoms with van der Waals surface area (Å²) in [6, 6.07) is 17.8. The van der Waals surface area contributed by atoms with Crippen molar-refractivity contribution >= 4 is 17.9 Å². The molecule has 0 aliphatic rings. The maximum atomic E-state index is 12.8. The van der Waals surface area contributed by atoms with Crippen LogP contribution in [0.4, 0.5) is 4.79 Å². The Bertz CT molecular complexity index is 1020. The van der Waals surface area contributed by atoms with E-state index in [2.05, 4.69) is 15.7 Å². The minimum absolute atomic E-state index is 0.208. The third-order valence-electron chi connectivity index (χ3n) is 4.12. The largest absolute Gasteiger partial charge is 0.449 e. The van der Waals surface area contributed by atoms with Crippen LogP contribution in [-0.4, -0.2) is 40.8 Å². The number of ether oxygens (including phenoxy) is 1. The molecular formula is C21H20N4O4. The van der Waals surface area contributed by atoms with Crippen LogP contribution in [0.3, 0.4) is 0 Å². The van der Waals surface area contributed by atoms with Gasteiger partial charge in [-0.25, -0.2) is 14.3 Å². The van der Waals surface area contributed by atoms with E-state index in [-0.39, 0.29) is 5.56 Å². The fourth-order valence-electron chi connectivity index (χ4n) is 2.60. The quantitative estimate of drug-likeness (QED) is 0.650. The minimum Gasteiger partial charge on any atom is -0.449 e. The van der Waals surface area contributed by atoms with Crippen LogP contribution in [0.5, 0.6) is 0 Å². The lowest BCUT2D eigenvalue weighted by Gasteiger charge is -2.12. The van der Waals surface area contributed by atoms with Gasteiger partial charge in [0, 0.05) is 18.8 Å². The molecule has 0 radical (unpaired) electrons. The number of hydrogen-bond donors (Lipinski definition) is 2. The molecular weight excluding hydrogens is 372 g/mol. The summed E-state index contributed by atoms with van der Waals surface area (Å²) in [7, 11) is 1.38. The highest BCUT2D eigenvalue weighted by molar-refractivity contribution is 6.00. The third kappa shape index (κ3) is 4.67. The van der Waals surface area contributed by atoms with E-state index in [1.165, 1.54) is 14.0 Å². The maximum absolute atomic E-state index is 12.8. The first-order valence-electron chi connectivity index (χ1n) is 8.93. The summed E-state index contributed by atoms with van der Waals surface area (Å²) in [5, 5.41) is 8.88. The second kappa shape index (κ2) is 8.83. The summed E-state index contributed by atoms with van der Waals surface area (Å²) < 4.78 is 6.85. The van der Waals surface area contributed by atoms with E-state index in [9.17, 15) is 14.4 Å². The van der Waals surface area contributed by atoms with Crippen molar-refractivity contribution in [2.24, 2.45) is 0 Å². The van der Waals surface area contributed by atoms with Crippen molar-refractivity contribution in [2.75, 3.05) is 7.05 Å². The second-order valence-electron chi connectivity index (χ2n) is 6.15. The molecule has 3 rings (SSSR count). The van der Waals surface area contributed by atoms with Crippen LogP contribution in [0.1, 0.15) is 17.3 Å². The van der Waals surface area contributed by atoms with Crippen molar-refractivity contribution in [1.29, 1.82) is 0 Å². The molecule has 8 nitrogen and oxygen atoms in total. The van der Waals surface area contributed by atoms with Crippen molar-refractivity contribution in [1.82, 2.24) is 20.4 Å². The first-order valence-corrected chi connectivity index (χ1v) is 8.93. The molecule has 2 N–H and O–H groups in total. The van der Waals surface area contributed by atoms with Crippen molar-refractivity contribution in [3.05, 3.63) is 72.4 Å². The molecule has 0 aliphatic heterocycles. The molecule has 1 heterocycles. The normalized spacial score (nSPS) is 11.4. The van der Waals surface area contributed by atoms with Crippen LogP contribution in [0.25, 0.3) is 16.9 Å². The summed E-state index contributed by atoms with van der Waals surface area (Å²) in [5.41, 5.74) is 2.14. The number of carbonyl (C=O) groups excluding carboxylic acids is 3. The Balaban J connectivity index is 1.90. The Hall–Kier alpha value is -3.94. The van der Waals surface area contributed by atoms with E-state index in [0.717, 1.165) is 11.3 Å². The SMILES string of the molecule is CNC(=O)NC(=O)[C@H](C)OC(=O)c1cn(-c2ccccc2)nc1-c1ccccc1. The van der Waals surface area contributed by atoms with Gasteiger partial charge in [-0.3, -0.25) is 10.1 Å². The number of imide groups is 1. The van der Waals surface area contributed by atoms with Gasteiger partial charge in [-0.1, -0.05) is 48.5 Å². The van der Waals surface area contributed by atoms with Gasteiger partial charge in [-0.05, 0) is 19.1 Å². The molecule has 2 aromatic carbocycles. The monoisotopic (exact) mass is 392 g/mol. The van der Waals surface area contributed by atoms with Gasteiger partial charge in [0.2, 0.25) is 0 Å². The molecule has 29 heavy (non-hydrogen) atoms. The Morgan fingerprint density at radius 3 is 2.24 bits per heavy atom. The lowest BCUT2D eigenvalue weighted by Crippen LogP contribution is -2.43. The smallest absolute Gasteiger partial charge is 0.342 e. The van der Waals surface area contributed by atoms with E-state index < -0.39 is 24.0 Å². The second-order valence-corrected chi connectivity index (χ2v) is 6.15. The molecule has 0 spiro atoms. The number of rotatable bonds is 5. The Morgan fingerprint density at radius 1 is 1.00 bits per heavy atom. The van der Waals surface area contributed by atoms with Gasteiger partial charge in [0.25, 0.3) is 5.91 Å². The number of benzene rings is 2. The van der Waals surface area contributed by atoms with Crippen molar-refractivity contribution in [2.45, 2.75) is 13.0 Å². The van der Waals surface area contributed by atoms with E-state index in [1.54, 1.807) is 10.9 Å². The van der Waals surface area contributed by atoms with Crippen LogP contribution in [0.15, 0.2) is 66.9 Å². The summed E-state index contributed by atoms with van der Waals surface area (Å²) in [6.45, 7) is 1.39. The molecule has 0 aliphatic carbocycles. The maximum Gasteiger partial charge on any atom is 0.342 e. The van der Waals surface area contributed by atoms with Crippen molar-refractivity contribution < 1.29 is 19.1 Å². The highest BCUT2D eigenvalue weighted by atomic mass is 16.5. The molecule has 0 saturated heterocycles. The molecule has 8 heteroatoms. The molecule has 0 unspecified atom stereocenters. The average molecular weight is 392 g/mol. The first kappa shape index (κ1) is 19.8. The number of nitrogens with zero attached hydrogens (tertiary/aromatic N) is 2. The number of nitrogens with one attached hydrogen (secondary N) is 2. The topological polar surface area (TPSA) is 102 Å². The molecule has 3 aromatic rings. The van der Waals surface area contributed by atoms with E-state index in [0.29, 0.717) is 5.69 Å². The average Bonchev–Trinajstić information content (AvgIpc) is 3.20. The predicted molar refractivity (Wildman–Crippen MR) is 106 cm³/mol. The number of carbonyl (C=O) groups is 3. The number of hydrogen-bond acceptors (Lipinski definition) is 5. The lowest BCUT2D eigenvalue weighted by molar-refractivity contribution is -0.127. The van der Waals surface area contributed by atoms with Crippen LogP contribution in [0.2, 0.25) is 0 Å². The van der Waals surface area contributed by atoms with Crippen LogP contribution in [-0.2, 0) is 9.53 Å². The third-order valence-corrected chi connectivity index (χ3v) is 4.12. The number of para-hydroxylation sites is 1. The van der Waals surface area contributed by atoms with Gasteiger partial charge in [0.1, 0.15) is 11.3 Å². The van der Waals surface area contributed by atoms with E-state index in [4.69, 9.17) is 4.74 Å². The fraction of sp³-hybridized carbons (Fsp3) is 0.143. The molecule has 3 amide bonds. The Kier molecular flexibility index (Phi) is 6.03. The van der Waals surface area contributed by atoms with Crippen LogP contribution < -0.4 is 10.6 Å². The number of esters is 1. The number of urea groups is 1. The van der Waals surface area contributed by atoms with Crippen LogP contribution >= 0.6 is 0 Å². The van der Waals surface area contributed by atoms with E-state index in [1.807, 2.05) is 60.7 Å². The lowest BCUT2D eigenvalue weighted by atomic mass is 10.1. The number of aromatic nitrogens is 2. The highest BCUT2D eigenvalue weighted by Gasteiger charge is 2.25. The molecule has 0 bridgehead atoms. The van der Waals surface area contributed by atoms with Crippen molar-refractivity contribution in [3.63, 3.8) is 0 Å². The Morgan fingerprint density at radius 2 is 1.62 bits per heavy atom. The molecule has 1 atom stereocenters. The molecule has 148 valence electrons. The van der Waals surface area contributed by atoms with Gasteiger partial charge < -0.3 is 10.1 Å². The standard InChI is InChI=1S/C21H20N4O4/c1-14(19(26)23-21(28)22-2)29-20(27)17-13-25(16-11-7-4-8-12-16)24-18(17)15-9-5-3-6-10-15/h3-14H,1-2H3,(H2,22,23,26,28)/t14-/m0/s1. The van der Waals surface area contributed by atoms with Gasteiger partial charge in [-0.15, -0.1) is 0 Å². The zero-order valence-corrected chi connectivity index (χ0v) is 16.0. The number of amides is 3. The van der Waals surface area contributed by atoms with Gasteiger partial charge in [0.05, 0.1) is 5.69 Å².